The second-order valence-electron chi connectivity index (χ2n) is 8.08. The van der Waals surface area contributed by atoms with Crippen LogP contribution in [-0.4, -0.2) is 96.0 Å². The summed E-state index contributed by atoms with van der Waals surface area (Å²) in [6.45, 7) is 7.71. The number of Topliss-reactive ketones (excluding diaryl/α,β-unsaturated/α-hetero) is 2. The number of ketones is 2. The molecule has 0 N–H and O–H groups in total. The van der Waals surface area contributed by atoms with Gasteiger partial charge in [0.05, 0.1) is 9.49 Å². The van der Waals surface area contributed by atoms with Crippen LogP contribution in [0.25, 0.3) is 0 Å². The highest BCUT2D eigenvalue weighted by molar-refractivity contribution is 8.01. The van der Waals surface area contributed by atoms with Gasteiger partial charge in [-0.05, 0) is 27.7 Å². The summed E-state index contributed by atoms with van der Waals surface area (Å²) in [6.07, 6.45) is -0.505. The molecule has 10 heteroatoms. The van der Waals surface area contributed by atoms with Gasteiger partial charge >= 0.3 is 12.2 Å². The summed E-state index contributed by atoms with van der Waals surface area (Å²) in [6, 6.07) is 0. The maximum atomic E-state index is 12.6. The van der Waals surface area contributed by atoms with Crippen LogP contribution in [0.1, 0.15) is 40.5 Å². The number of hydrogen-bond donors (Lipinski definition) is 0. The Bertz CT molecular complexity index is 554. The minimum absolute atomic E-state index is 0.0134. The van der Waals surface area contributed by atoms with E-state index in [9.17, 15) is 19.2 Å². The van der Waals surface area contributed by atoms with Crippen molar-refractivity contribution < 1.29 is 28.7 Å². The fourth-order valence-electron chi connectivity index (χ4n) is 2.10. The van der Waals surface area contributed by atoms with Crippen molar-refractivity contribution in [2.45, 2.75) is 50.0 Å². The lowest BCUT2D eigenvalue weighted by Gasteiger charge is -2.25. The van der Waals surface area contributed by atoms with E-state index < -0.39 is 21.7 Å². The van der Waals surface area contributed by atoms with Gasteiger partial charge in [-0.1, -0.05) is 0 Å². The highest BCUT2D eigenvalue weighted by atomic mass is 32.2. The van der Waals surface area contributed by atoms with Gasteiger partial charge in [-0.3, -0.25) is 9.59 Å². The molecule has 30 heavy (non-hydrogen) atoms. The fraction of sp³-hybridized carbons (Fsp3) is 0.800. The van der Waals surface area contributed by atoms with E-state index in [0.717, 1.165) is 0 Å². The van der Waals surface area contributed by atoms with Crippen molar-refractivity contribution in [3.05, 3.63) is 0 Å². The van der Waals surface area contributed by atoms with E-state index >= 15 is 0 Å². The lowest BCUT2D eigenvalue weighted by atomic mass is 9.97. The van der Waals surface area contributed by atoms with E-state index in [1.54, 1.807) is 28.2 Å². The Hall–Kier alpha value is -1.42. The predicted octanol–water partition coefficient (Wildman–Crippen LogP) is 3.32. The molecule has 0 heterocycles. The summed E-state index contributed by atoms with van der Waals surface area (Å²) < 4.78 is 8.79. The van der Waals surface area contributed by atoms with Gasteiger partial charge in [0.15, 0.2) is 0 Å². The van der Waals surface area contributed by atoms with Gasteiger partial charge in [-0.25, -0.2) is 9.59 Å². The van der Waals surface area contributed by atoms with Crippen molar-refractivity contribution in [1.82, 2.24) is 9.80 Å². The SMILES string of the molecule is CN(C)C(=O)OCCSC(C)(C)C(=O)CCC(=O)C(C)(C)SCCOC(=O)N(C)C. The third-order valence-corrected chi connectivity index (χ3v) is 6.84. The molecule has 0 aliphatic carbocycles. The van der Waals surface area contributed by atoms with Crippen molar-refractivity contribution in [2.75, 3.05) is 52.9 Å². The lowest BCUT2D eigenvalue weighted by Crippen LogP contribution is -2.33. The number of carbonyl (C=O) groups is 4. The zero-order valence-corrected chi connectivity index (χ0v) is 21.0. The standard InChI is InChI=1S/C20H36N2O6S2/c1-19(2,29-13-11-27-17(25)21(5)6)15(23)9-10-16(24)20(3,4)30-14-12-28-18(26)22(7)8/h9-14H2,1-8H3. The van der Waals surface area contributed by atoms with Crippen LogP contribution in [0.15, 0.2) is 0 Å². The van der Waals surface area contributed by atoms with E-state index in [4.69, 9.17) is 9.47 Å². The van der Waals surface area contributed by atoms with Crippen molar-refractivity contribution >= 4 is 47.3 Å². The van der Waals surface area contributed by atoms with Crippen LogP contribution < -0.4 is 0 Å². The van der Waals surface area contributed by atoms with Gasteiger partial charge in [0.2, 0.25) is 0 Å². The van der Waals surface area contributed by atoms with Gasteiger partial charge in [-0.2, -0.15) is 0 Å². The highest BCUT2D eigenvalue weighted by Crippen LogP contribution is 2.30. The first-order chi connectivity index (χ1) is 13.7. The van der Waals surface area contributed by atoms with Crippen LogP contribution in [0.5, 0.6) is 0 Å². The monoisotopic (exact) mass is 464 g/mol. The topological polar surface area (TPSA) is 93.2 Å². The molecule has 0 radical (unpaired) electrons. The number of hydrogen-bond acceptors (Lipinski definition) is 8. The zero-order valence-electron chi connectivity index (χ0n) is 19.4. The summed E-state index contributed by atoms with van der Waals surface area (Å²) in [5.41, 5.74) is 0. The number of thioether (sulfide) groups is 2. The zero-order chi connectivity index (χ0) is 23.5. The number of ether oxygens (including phenoxy) is 2. The summed E-state index contributed by atoms with van der Waals surface area (Å²) in [5.74, 6) is 0.972. The molecule has 174 valence electrons. The molecule has 0 spiro atoms. The number of amides is 2. The van der Waals surface area contributed by atoms with Crippen LogP contribution in [0.4, 0.5) is 9.59 Å². The molecule has 0 unspecified atom stereocenters. The molecule has 0 aromatic carbocycles. The highest BCUT2D eigenvalue weighted by Gasteiger charge is 2.32. The average molecular weight is 465 g/mol. The van der Waals surface area contributed by atoms with Crippen molar-refractivity contribution in [1.29, 1.82) is 0 Å². The molecule has 8 nitrogen and oxygen atoms in total. The Morgan fingerprint density at radius 3 is 1.23 bits per heavy atom. The molecule has 0 saturated heterocycles. The lowest BCUT2D eigenvalue weighted by molar-refractivity contribution is -0.125. The molecular weight excluding hydrogens is 428 g/mol. The Morgan fingerprint density at radius 1 is 0.667 bits per heavy atom. The van der Waals surface area contributed by atoms with Crippen LogP contribution in [-0.2, 0) is 19.1 Å². The molecule has 2 amide bonds. The molecule has 0 aliphatic heterocycles. The van der Waals surface area contributed by atoms with Gasteiger partial charge < -0.3 is 19.3 Å². The van der Waals surface area contributed by atoms with E-state index in [2.05, 4.69) is 0 Å². The molecule has 0 bridgehead atoms. The number of rotatable bonds is 13. The fourth-order valence-corrected chi connectivity index (χ4v) is 3.98. The smallest absolute Gasteiger partial charge is 0.409 e. The number of carbonyl (C=O) groups excluding carboxylic acids is 4. The number of nitrogens with zero attached hydrogens (tertiary/aromatic N) is 2. The van der Waals surface area contributed by atoms with Crippen LogP contribution in [0.3, 0.4) is 0 Å². The second-order valence-corrected chi connectivity index (χ2v) is 11.5. The third kappa shape index (κ3) is 11.1. The largest absolute Gasteiger partial charge is 0.449 e. The molecule has 0 rings (SSSR count). The summed E-state index contributed by atoms with van der Waals surface area (Å²) in [7, 11) is 6.43. The first-order valence-electron chi connectivity index (χ1n) is 9.73. The normalized spacial score (nSPS) is 11.6. The Balaban J connectivity index is 4.33. The molecule has 0 saturated carbocycles. The molecule has 0 atom stereocenters. The van der Waals surface area contributed by atoms with E-state index in [0.29, 0.717) is 11.5 Å². The molecule has 0 fully saturated rings. The van der Waals surface area contributed by atoms with Crippen molar-refractivity contribution in [3.8, 4) is 0 Å². The van der Waals surface area contributed by atoms with Crippen molar-refractivity contribution in [3.63, 3.8) is 0 Å². The van der Waals surface area contributed by atoms with Gasteiger partial charge in [0, 0.05) is 52.5 Å². The van der Waals surface area contributed by atoms with E-state index in [1.165, 1.54) is 33.3 Å². The average Bonchev–Trinajstić information content (AvgIpc) is 2.65. The quantitative estimate of drug-likeness (QED) is 0.383. The van der Waals surface area contributed by atoms with E-state index in [1.807, 2.05) is 27.7 Å². The Labute approximate surface area is 188 Å². The van der Waals surface area contributed by atoms with E-state index in [-0.39, 0.29) is 37.6 Å². The molecule has 0 aliphatic rings. The van der Waals surface area contributed by atoms with Crippen LogP contribution >= 0.6 is 23.5 Å². The van der Waals surface area contributed by atoms with Gasteiger partial charge in [0.1, 0.15) is 24.8 Å². The predicted molar refractivity (Wildman–Crippen MR) is 122 cm³/mol. The minimum atomic E-state index is -0.664. The van der Waals surface area contributed by atoms with Gasteiger partial charge in [-0.15, -0.1) is 23.5 Å². The molecular formula is C20H36N2O6S2. The van der Waals surface area contributed by atoms with Crippen LogP contribution in [0.2, 0.25) is 0 Å². The minimum Gasteiger partial charge on any atom is -0.449 e. The summed E-state index contributed by atoms with van der Waals surface area (Å²) in [4.78, 5) is 50.6. The Kier molecular flexibility index (Phi) is 12.5. The third-order valence-electron chi connectivity index (χ3n) is 4.20. The summed E-state index contributed by atoms with van der Waals surface area (Å²) >= 11 is 2.81. The van der Waals surface area contributed by atoms with Gasteiger partial charge in [0.25, 0.3) is 0 Å². The summed E-state index contributed by atoms with van der Waals surface area (Å²) in [5, 5.41) is 0. The molecule has 0 aromatic rings. The first-order valence-corrected chi connectivity index (χ1v) is 11.7. The first kappa shape index (κ1) is 28.6. The van der Waals surface area contributed by atoms with Crippen molar-refractivity contribution in [2.24, 2.45) is 0 Å². The van der Waals surface area contributed by atoms with Crippen LogP contribution in [0, 0.1) is 0 Å². The maximum Gasteiger partial charge on any atom is 0.409 e. The molecule has 0 aromatic heterocycles. The maximum absolute atomic E-state index is 12.6. The second kappa shape index (κ2) is 13.1. The Morgan fingerprint density at radius 2 is 0.967 bits per heavy atom.